The van der Waals surface area contributed by atoms with Gasteiger partial charge >= 0.3 is 12.1 Å². The highest BCUT2D eigenvalue weighted by Crippen LogP contribution is 2.36. The summed E-state index contributed by atoms with van der Waals surface area (Å²) in [7, 11) is 0. The zero-order valence-electron chi connectivity index (χ0n) is 14.6. The number of nitrogens with zero attached hydrogens (tertiary/aromatic N) is 2. The van der Waals surface area contributed by atoms with Crippen LogP contribution in [0, 0.1) is 0 Å². The molecular formula is C17H23BrN2O5. The summed E-state index contributed by atoms with van der Waals surface area (Å²) < 4.78 is 11.9. The Kier molecular flexibility index (Phi) is 6.05. The van der Waals surface area contributed by atoms with Gasteiger partial charge in [-0.05, 0) is 55.6 Å². The molecule has 0 saturated carbocycles. The van der Waals surface area contributed by atoms with Gasteiger partial charge in [-0.15, -0.1) is 0 Å². The van der Waals surface area contributed by atoms with Gasteiger partial charge in [0.1, 0.15) is 22.4 Å². The van der Waals surface area contributed by atoms with Crippen molar-refractivity contribution in [2.45, 2.75) is 44.8 Å². The van der Waals surface area contributed by atoms with Crippen LogP contribution < -0.4 is 0 Å². The minimum Gasteiger partial charge on any atom is -0.480 e. The van der Waals surface area contributed by atoms with E-state index in [0.717, 1.165) is 5.56 Å². The van der Waals surface area contributed by atoms with Gasteiger partial charge in [-0.2, -0.15) is 0 Å². The Morgan fingerprint density at radius 3 is 2.68 bits per heavy atom. The molecule has 0 spiro atoms. The highest BCUT2D eigenvalue weighted by molar-refractivity contribution is 9.10. The first-order chi connectivity index (χ1) is 11.6. The van der Waals surface area contributed by atoms with Gasteiger partial charge in [0.25, 0.3) is 0 Å². The minimum atomic E-state index is -1.06. The number of carboxylic acids is 1. The van der Waals surface area contributed by atoms with Crippen molar-refractivity contribution < 1.29 is 24.2 Å². The lowest BCUT2D eigenvalue weighted by Crippen LogP contribution is -2.51. The van der Waals surface area contributed by atoms with E-state index in [-0.39, 0.29) is 6.54 Å². The van der Waals surface area contributed by atoms with Crippen LogP contribution in [-0.4, -0.2) is 52.4 Å². The topological polar surface area (TPSA) is 89.0 Å². The van der Waals surface area contributed by atoms with Crippen molar-refractivity contribution in [3.63, 3.8) is 0 Å². The molecule has 1 amide bonds. The molecule has 0 aliphatic carbocycles. The number of piperidine rings is 1. The van der Waals surface area contributed by atoms with E-state index >= 15 is 0 Å². The number of carboxylic acid groups (broad SMARTS) is 1. The molecule has 0 radical (unpaired) electrons. The number of hydrogen-bond acceptors (Lipinski definition) is 5. The van der Waals surface area contributed by atoms with Crippen molar-refractivity contribution in [2.24, 2.45) is 0 Å². The van der Waals surface area contributed by atoms with Gasteiger partial charge in [-0.3, -0.25) is 0 Å². The average Bonchev–Trinajstić information content (AvgIpc) is 2.52. The highest BCUT2D eigenvalue weighted by Gasteiger charge is 2.41. The number of ether oxygens (including phenoxy) is 2. The van der Waals surface area contributed by atoms with Crippen LogP contribution in [0.3, 0.4) is 0 Å². The molecule has 1 aliphatic heterocycles. The monoisotopic (exact) mass is 414 g/mol. The van der Waals surface area contributed by atoms with Crippen molar-refractivity contribution in [3.8, 4) is 0 Å². The fraction of sp³-hybridized carbons (Fsp3) is 0.588. The molecule has 138 valence electrons. The predicted molar refractivity (Wildman–Crippen MR) is 94.2 cm³/mol. The van der Waals surface area contributed by atoms with E-state index in [1.54, 1.807) is 17.2 Å². The van der Waals surface area contributed by atoms with E-state index in [4.69, 9.17) is 14.6 Å². The quantitative estimate of drug-likeness (QED) is 0.760. The summed E-state index contributed by atoms with van der Waals surface area (Å²) in [5.74, 6) is -1.06. The molecule has 7 nitrogen and oxygen atoms in total. The molecule has 1 fully saturated rings. The molecule has 1 saturated heterocycles. The van der Waals surface area contributed by atoms with Crippen molar-refractivity contribution in [3.05, 3.63) is 28.5 Å². The van der Waals surface area contributed by atoms with Gasteiger partial charge in [-0.25, -0.2) is 14.6 Å². The minimum absolute atomic E-state index is 0.221. The second kappa shape index (κ2) is 7.70. The molecular weight excluding hydrogens is 392 g/mol. The first-order valence-electron chi connectivity index (χ1n) is 8.07. The number of carbonyl (C=O) groups is 2. The lowest BCUT2D eigenvalue weighted by molar-refractivity contribution is -0.155. The van der Waals surface area contributed by atoms with Gasteiger partial charge in [0.2, 0.25) is 0 Å². The molecule has 1 N–H and O–H groups in total. The molecule has 25 heavy (non-hydrogen) atoms. The number of aromatic nitrogens is 1. The zero-order chi connectivity index (χ0) is 18.7. The highest BCUT2D eigenvalue weighted by atomic mass is 79.9. The maximum Gasteiger partial charge on any atom is 0.410 e. The number of likely N-dealkylation sites (tertiary alicyclic amines) is 1. The standard InChI is InChI=1S/C17H23BrN2O5/c1-16(2,3)25-15(23)20-8-4-7-17(11-20,24-10-14(21)22)12-5-6-13(18)19-9-12/h5-6,9H,4,7-8,10-11H2,1-3H3,(H,21,22). The van der Waals surface area contributed by atoms with E-state index in [2.05, 4.69) is 20.9 Å². The molecule has 0 aromatic carbocycles. The molecule has 1 aromatic heterocycles. The third-order valence-corrected chi connectivity index (χ3v) is 4.30. The molecule has 1 aromatic rings. The Morgan fingerprint density at radius 1 is 1.40 bits per heavy atom. The van der Waals surface area contributed by atoms with Crippen LogP contribution in [0.2, 0.25) is 0 Å². The summed E-state index contributed by atoms with van der Waals surface area (Å²) in [4.78, 5) is 29.2. The lowest BCUT2D eigenvalue weighted by atomic mass is 9.86. The average molecular weight is 415 g/mol. The summed E-state index contributed by atoms with van der Waals surface area (Å²) in [5.41, 5.74) is -0.773. The summed E-state index contributed by atoms with van der Waals surface area (Å²) in [6, 6.07) is 3.60. The van der Waals surface area contributed by atoms with Crippen LogP contribution in [0.5, 0.6) is 0 Å². The van der Waals surface area contributed by atoms with Gasteiger partial charge in [-0.1, -0.05) is 6.07 Å². The number of hydrogen-bond donors (Lipinski definition) is 1. The Labute approximate surface area is 155 Å². The normalized spacial score (nSPS) is 21.0. The van der Waals surface area contributed by atoms with Gasteiger partial charge < -0.3 is 19.5 Å². The van der Waals surface area contributed by atoms with E-state index in [1.807, 2.05) is 26.8 Å². The van der Waals surface area contributed by atoms with E-state index in [0.29, 0.717) is 24.0 Å². The smallest absolute Gasteiger partial charge is 0.410 e. The third-order valence-electron chi connectivity index (χ3n) is 3.83. The van der Waals surface area contributed by atoms with E-state index in [9.17, 15) is 9.59 Å². The SMILES string of the molecule is CC(C)(C)OC(=O)N1CCCC(OCC(=O)O)(c2ccc(Br)nc2)C1. The Hall–Kier alpha value is -1.67. The Bertz CT molecular complexity index is 629. The Balaban J connectivity index is 2.26. The van der Waals surface area contributed by atoms with Gasteiger partial charge in [0, 0.05) is 18.3 Å². The van der Waals surface area contributed by atoms with Crippen LogP contribution in [0.1, 0.15) is 39.2 Å². The number of amides is 1. The second-order valence-corrected chi connectivity index (χ2v) is 7.86. The summed E-state index contributed by atoms with van der Waals surface area (Å²) in [6.45, 7) is 5.73. The van der Waals surface area contributed by atoms with Crippen LogP contribution in [0.4, 0.5) is 4.79 Å². The number of rotatable bonds is 4. The van der Waals surface area contributed by atoms with Crippen LogP contribution in [0.25, 0.3) is 0 Å². The van der Waals surface area contributed by atoms with Crippen molar-refractivity contribution >= 4 is 28.0 Å². The lowest BCUT2D eigenvalue weighted by Gasteiger charge is -2.42. The largest absolute Gasteiger partial charge is 0.480 e. The summed E-state index contributed by atoms with van der Waals surface area (Å²) >= 11 is 3.29. The number of carbonyl (C=O) groups excluding carboxylic acids is 1. The number of halogens is 1. The molecule has 2 rings (SSSR count). The maximum absolute atomic E-state index is 12.4. The number of pyridine rings is 1. The first kappa shape index (κ1) is 19.7. The maximum atomic E-state index is 12.4. The van der Waals surface area contributed by atoms with Crippen LogP contribution in [-0.2, 0) is 19.9 Å². The fourth-order valence-electron chi connectivity index (χ4n) is 2.79. The fourth-order valence-corrected chi connectivity index (χ4v) is 3.02. The zero-order valence-corrected chi connectivity index (χ0v) is 16.2. The van der Waals surface area contributed by atoms with E-state index in [1.165, 1.54) is 0 Å². The molecule has 1 atom stereocenters. The molecule has 8 heteroatoms. The molecule has 1 unspecified atom stereocenters. The van der Waals surface area contributed by atoms with Crippen molar-refractivity contribution in [1.82, 2.24) is 9.88 Å². The van der Waals surface area contributed by atoms with Gasteiger partial charge in [0.15, 0.2) is 0 Å². The van der Waals surface area contributed by atoms with Gasteiger partial charge in [0.05, 0.1) is 6.54 Å². The number of aliphatic carboxylic acids is 1. The van der Waals surface area contributed by atoms with Crippen molar-refractivity contribution in [1.29, 1.82) is 0 Å². The summed E-state index contributed by atoms with van der Waals surface area (Å²) in [5, 5.41) is 9.02. The molecule has 0 bridgehead atoms. The van der Waals surface area contributed by atoms with Crippen LogP contribution in [0.15, 0.2) is 22.9 Å². The summed E-state index contributed by atoms with van der Waals surface area (Å²) in [6.07, 6.45) is 2.49. The molecule has 2 heterocycles. The van der Waals surface area contributed by atoms with Crippen LogP contribution >= 0.6 is 15.9 Å². The second-order valence-electron chi connectivity index (χ2n) is 7.05. The third kappa shape index (κ3) is 5.40. The van der Waals surface area contributed by atoms with Crippen molar-refractivity contribution in [2.75, 3.05) is 19.7 Å². The first-order valence-corrected chi connectivity index (χ1v) is 8.86. The Morgan fingerprint density at radius 2 is 2.12 bits per heavy atom. The molecule has 1 aliphatic rings. The van der Waals surface area contributed by atoms with E-state index < -0.39 is 29.9 Å². The predicted octanol–water partition coefficient (Wildman–Crippen LogP) is 3.17.